The van der Waals surface area contributed by atoms with Gasteiger partial charge in [-0.15, -0.1) is 11.3 Å². The number of hydrogen-bond acceptors (Lipinski definition) is 8. The number of aromatic nitrogens is 6. The molecular weight excluding hydrogens is 355 g/mol. The molecule has 0 aliphatic rings. The predicted molar refractivity (Wildman–Crippen MR) is 97.9 cm³/mol. The standard InChI is InChI=1S/C16H15FN8S/c1-9(13-18-5-10(17)6-19-13)21-16-23-14(11-3-4-26-15(11)24-16)22-12-7-25(2)8-20-12/h3-9H,1-2H3,(H2,21,22,23,24)/t9-/m1/s1. The van der Waals surface area contributed by atoms with Crippen LogP contribution in [0.2, 0.25) is 0 Å². The van der Waals surface area contributed by atoms with Crippen LogP contribution in [0.15, 0.2) is 36.4 Å². The van der Waals surface area contributed by atoms with E-state index in [9.17, 15) is 4.39 Å². The molecule has 1 atom stereocenters. The normalized spacial score (nSPS) is 12.3. The van der Waals surface area contributed by atoms with Crippen molar-refractivity contribution in [3.63, 3.8) is 0 Å². The molecule has 0 fully saturated rings. The van der Waals surface area contributed by atoms with Gasteiger partial charge in [0.15, 0.2) is 5.82 Å². The first kappa shape index (κ1) is 16.3. The van der Waals surface area contributed by atoms with E-state index in [1.165, 1.54) is 11.3 Å². The maximum Gasteiger partial charge on any atom is 0.226 e. The molecule has 0 saturated heterocycles. The Labute approximate surface area is 152 Å². The van der Waals surface area contributed by atoms with Gasteiger partial charge < -0.3 is 15.2 Å². The van der Waals surface area contributed by atoms with Gasteiger partial charge in [-0.25, -0.2) is 24.3 Å². The minimum absolute atomic E-state index is 0.282. The van der Waals surface area contributed by atoms with E-state index >= 15 is 0 Å². The van der Waals surface area contributed by atoms with Crippen LogP contribution in [-0.4, -0.2) is 29.5 Å². The minimum atomic E-state index is -0.473. The number of anilines is 3. The van der Waals surface area contributed by atoms with Crippen LogP contribution in [0, 0.1) is 5.82 Å². The van der Waals surface area contributed by atoms with E-state index in [1.807, 2.05) is 36.2 Å². The lowest BCUT2D eigenvalue weighted by atomic mass is 10.3. The predicted octanol–water partition coefficient (Wildman–Crippen LogP) is 3.27. The van der Waals surface area contributed by atoms with Gasteiger partial charge >= 0.3 is 0 Å². The van der Waals surface area contributed by atoms with Gasteiger partial charge in [-0.1, -0.05) is 0 Å². The fourth-order valence-electron chi connectivity index (χ4n) is 2.42. The third kappa shape index (κ3) is 3.31. The van der Waals surface area contributed by atoms with Crippen LogP contribution in [0.3, 0.4) is 0 Å². The van der Waals surface area contributed by atoms with Crippen LogP contribution >= 0.6 is 11.3 Å². The van der Waals surface area contributed by atoms with E-state index < -0.39 is 5.82 Å². The second kappa shape index (κ2) is 6.64. The van der Waals surface area contributed by atoms with Crippen molar-refractivity contribution in [2.24, 2.45) is 7.05 Å². The van der Waals surface area contributed by atoms with Gasteiger partial charge in [0, 0.05) is 13.2 Å². The summed E-state index contributed by atoms with van der Waals surface area (Å²) in [6.45, 7) is 1.86. The molecule has 0 aliphatic heterocycles. The lowest BCUT2D eigenvalue weighted by Gasteiger charge is -2.13. The summed E-state index contributed by atoms with van der Waals surface area (Å²) in [5.74, 6) is 1.77. The number of imidazole rings is 1. The topological polar surface area (TPSA) is 93.4 Å². The summed E-state index contributed by atoms with van der Waals surface area (Å²) in [5, 5.41) is 9.25. The van der Waals surface area contributed by atoms with Gasteiger partial charge in [-0.05, 0) is 18.4 Å². The Morgan fingerprint density at radius 1 is 1.19 bits per heavy atom. The Kier molecular flexibility index (Phi) is 4.17. The van der Waals surface area contributed by atoms with Crippen LogP contribution in [0.1, 0.15) is 18.8 Å². The molecule has 0 spiro atoms. The lowest BCUT2D eigenvalue weighted by Crippen LogP contribution is -2.13. The first-order valence-corrected chi connectivity index (χ1v) is 8.70. The van der Waals surface area contributed by atoms with E-state index in [4.69, 9.17) is 0 Å². The summed E-state index contributed by atoms with van der Waals surface area (Å²) in [6, 6.07) is 1.68. The van der Waals surface area contributed by atoms with Gasteiger partial charge in [0.25, 0.3) is 0 Å². The number of thiophene rings is 1. The Balaban J connectivity index is 1.63. The zero-order valence-electron chi connectivity index (χ0n) is 14.0. The van der Waals surface area contributed by atoms with E-state index in [2.05, 4.69) is 35.6 Å². The smallest absolute Gasteiger partial charge is 0.226 e. The second-order valence-corrected chi connectivity index (χ2v) is 6.60. The summed E-state index contributed by atoms with van der Waals surface area (Å²) >= 11 is 1.52. The van der Waals surface area contributed by atoms with Crippen LogP contribution in [0.4, 0.5) is 22.0 Å². The van der Waals surface area contributed by atoms with E-state index in [0.717, 1.165) is 22.6 Å². The van der Waals surface area contributed by atoms with Crippen LogP contribution in [0.25, 0.3) is 10.2 Å². The largest absolute Gasteiger partial charge is 0.344 e. The van der Waals surface area contributed by atoms with E-state index in [-0.39, 0.29) is 6.04 Å². The molecule has 2 N–H and O–H groups in total. The molecule has 132 valence electrons. The van der Waals surface area contributed by atoms with Gasteiger partial charge in [-0.2, -0.15) is 4.98 Å². The number of hydrogen-bond donors (Lipinski definition) is 2. The van der Waals surface area contributed by atoms with Gasteiger partial charge in [-0.3, -0.25) is 0 Å². The number of halogens is 1. The Morgan fingerprint density at radius 2 is 2.00 bits per heavy atom. The zero-order chi connectivity index (χ0) is 18.1. The average Bonchev–Trinajstić information content (AvgIpc) is 3.24. The molecule has 0 unspecified atom stereocenters. The van der Waals surface area contributed by atoms with Crippen molar-refractivity contribution in [1.29, 1.82) is 0 Å². The number of rotatable bonds is 5. The molecule has 0 amide bonds. The summed E-state index contributed by atoms with van der Waals surface area (Å²) in [4.78, 5) is 22.2. The molecule has 0 aromatic carbocycles. The number of aryl methyl sites for hydroxylation is 1. The molecule has 26 heavy (non-hydrogen) atoms. The van der Waals surface area contributed by atoms with Crippen molar-refractivity contribution < 1.29 is 4.39 Å². The van der Waals surface area contributed by atoms with Gasteiger partial charge in [0.05, 0.1) is 30.1 Å². The summed E-state index contributed by atoms with van der Waals surface area (Å²) in [5.41, 5.74) is 0. The first-order valence-electron chi connectivity index (χ1n) is 7.82. The molecule has 8 nitrogen and oxygen atoms in total. The van der Waals surface area contributed by atoms with Gasteiger partial charge in [0.2, 0.25) is 5.95 Å². The van der Waals surface area contributed by atoms with Crippen molar-refractivity contribution in [2.75, 3.05) is 10.6 Å². The highest BCUT2D eigenvalue weighted by Crippen LogP contribution is 2.29. The monoisotopic (exact) mass is 370 g/mol. The molecular formula is C16H15FN8S. The maximum absolute atomic E-state index is 13.0. The molecule has 0 aliphatic carbocycles. The molecule has 4 aromatic rings. The maximum atomic E-state index is 13.0. The van der Waals surface area contributed by atoms with Gasteiger partial charge in [0.1, 0.15) is 22.3 Å². The molecule has 0 bridgehead atoms. The minimum Gasteiger partial charge on any atom is -0.344 e. The molecule has 4 heterocycles. The van der Waals surface area contributed by atoms with Crippen molar-refractivity contribution in [1.82, 2.24) is 29.5 Å². The third-order valence-corrected chi connectivity index (χ3v) is 4.46. The number of nitrogens with zero attached hydrogens (tertiary/aromatic N) is 6. The number of fused-ring (bicyclic) bond motifs is 1. The SMILES string of the molecule is C[C@@H](Nc1nc(Nc2cn(C)cn2)c2ccsc2n1)c1ncc(F)cn1. The van der Waals surface area contributed by atoms with E-state index in [1.54, 1.807) is 6.33 Å². The van der Waals surface area contributed by atoms with Crippen molar-refractivity contribution in [2.45, 2.75) is 13.0 Å². The highest BCUT2D eigenvalue weighted by atomic mass is 32.1. The van der Waals surface area contributed by atoms with Crippen LogP contribution in [-0.2, 0) is 7.05 Å². The molecule has 10 heteroatoms. The molecule has 4 aromatic heterocycles. The second-order valence-electron chi connectivity index (χ2n) is 5.71. The fourth-order valence-corrected chi connectivity index (χ4v) is 3.18. The van der Waals surface area contributed by atoms with Crippen LogP contribution in [0.5, 0.6) is 0 Å². The fraction of sp³-hybridized carbons (Fsp3) is 0.188. The highest BCUT2D eigenvalue weighted by Gasteiger charge is 2.14. The zero-order valence-corrected chi connectivity index (χ0v) is 14.8. The molecule has 0 saturated carbocycles. The summed E-state index contributed by atoms with van der Waals surface area (Å²) < 4.78 is 14.8. The Morgan fingerprint density at radius 3 is 2.73 bits per heavy atom. The van der Waals surface area contributed by atoms with Crippen LogP contribution < -0.4 is 10.6 Å². The first-order chi connectivity index (χ1) is 12.6. The molecule has 4 rings (SSSR count). The third-order valence-electron chi connectivity index (χ3n) is 3.65. The van der Waals surface area contributed by atoms with E-state index in [0.29, 0.717) is 23.4 Å². The molecule has 0 radical (unpaired) electrons. The summed E-state index contributed by atoms with van der Waals surface area (Å²) in [7, 11) is 1.90. The average molecular weight is 370 g/mol. The number of nitrogens with one attached hydrogen (secondary N) is 2. The lowest BCUT2D eigenvalue weighted by molar-refractivity contribution is 0.604. The quantitative estimate of drug-likeness (QED) is 0.557. The summed E-state index contributed by atoms with van der Waals surface area (Å²) in [6.07, 6.45) is 5.85. The van der Waals surface area contributed by atoms with Crippen molar-refractivity contribution >= 4 is 39.1 Å². The Hall–Kier alpha value is -3.14. The Bertz CT molecular complexity index is 1040. The highest BCUT2D eigenvalue weighted by molar-refractivity contribution is 7.16. The van der Waals surface area contributed by atoms with Crippen molar-refractivity contribution in [3.05, 3.63) is 48.0 Å². The van der Waals surface area contributed by atoms with Crippen molar-refractivity contribution in [3.8, 4) is 0 Å².